The van der Waals surface area contributed by atoms with Crippen molar-refractivity contribution in [2.24, 2.45) is 0 Å². The predicted molar refractivity (Wildman–Crippen MR) is 87.0 cm³/mol. The fraction of sp³-hybridized carbons (Fsp3) is 1.00. The van der Waals surface area contributed by atoms with Gasteiger partial charge in [0.2, 0.25) is 0 Å². The van der Waals surface area contributed by atoms with Crippen molar-refractivity contribution < 1.29 is 18.9 Å². The second kappa shape index (κ2) is 7.69. The molecule has 0 heterocycles. The van der Waals surface area contributed by atoms with Crippen LogP contribution in [-0.2, 0) is 0 Å². The van der Waals surface area contributed by atoms with Crippen LogP contribution in [0, 0.1) is 0 Å². The molecule has 1 nitrogen and oxygen atoms in total. The van der Waals surface area contributed by atoms with Gasteiger partial charge >= 0.3 is 18.9 Å². The number of nitrogens with zero attached hydrogens (tertiary/aromatic N) is 1. The van der Waals surface area contributed by atoms with Crippen LogP contribution in [-0.4, -0.2) is 16.5 Å². The van der Waals surface area contributed by atoms with Crippen molar-refractivity contribution in [1.82, 2.24) is 0 Å². The molecule has 0 aromatic heterocycles. The van der Waals surface area contributed by atoms with Crippen molar-refractivity contribution >= 4 is 16.5 Å². The normalized spacial score (nSPS) is 13.7. The summed E-state index contributed by atoms with van der Waals surface area (Å²) in [5.41, 5.74) is 3.03. The third-order valence-electron chi connectivity index (χ3n) is 5.16. The Balaban J connectivity index is 0. The molecule has 0 aliphatic carbocycles. The van der Waals surface area contributed by atoms with Crippen molar-refractivity contribution in [1.29, 1.82) is 0 Å². The Morgan fingerprint density at radius 3 is 0.833 bits per heavy atom. The Bertz CT molecular complexity index is 200. The van der Waals surface area contributed by atoms with Gasteiger partial charge in [-0.1, -0.05) is 107 Å². The van der Waals surface area contributed by atoms with Crippen molar-refractivity contribution in [3.63, 3.8) is 0 Å². The van der Waals surface area contributed by atoms with Crippen molar-refractivity contribution in [2.75, 3.05) is 0 Å². The smallest absolute Gasteiger partial charge is 0.666 e. The van der Waals surface area contributed by atoms with Gasteiger partial charge in [-0.05, 0) is 0 Å². The first-order chi connectivity index (χ1) is 7.48. The maximum absolute atomic E-state index is 5.62. The standard InChI is InChI=1S/C14H34NSi2.Li/c1-11(2)16(9,12(3)4)15-17(10,13(5)6)14(7)8;/h11-14H,1-10H3;/q-1;+1. The zero-order valence-corrected chi connectivity index (χ0v) is 16.8. The number of hydrogen-bond donors (Lipinski definition) is 0. The molecule has 0 N–H and O–H groups in total. The second-order valence-corrected chi connectivity index (χ2v) is 17.6. The number of hydrogen-bond acceptors (Lipinski definition) is 0. The summed E-state index contributed by atoms with van der Waals surface area (Å²) in [7, 11) is -2.96. The molecule has 0 amide bonds. The molecule has 104 valence electrons. The third-order valence-corrected chi connectivity index (χ3v) is 18.4. The SMILES string of the molecule is CC(C)[Si](C)([N-][Si](C)(C(C)C)C(C)C)C(C)C.[Li+]. The molecule has 0 spiro atoms. The van der Waals surface area contributed by atoms with Crippen LogP contribution < -0.4 is 18.9 Å². The Kier molecular flexibility index (Phi) is 9.10. The van der Waals surface area contributed by atoms with Gasteiger partial charge in [-0.2, -0.15) is 0 Å². The first-order valence-corrected chi connectivity index (χ1v) is 12.4. The van der Waals surface area contributed by atoms with Gasteiger partial charge in [-0.25, -0.2) is 0 Å². The fourth-order valence-corrected chi connectivity index (χ4v) is 13.3. The van der Waals surface area contributed by atoms with Crippen LogP contribution in [0.25, 0.3) is 4.65 Å². The van der Waals surface area contributed by atoms with Crippen molar-refractivity contribution in [3.05, 3.63) is 4.65 Å². The van der Waals surface area contributed by atoms with E-state index in [-0.39, 0.29) is 18.9 Å². The minimum atomic E-state index is -1.48. The summed E-state index contributed by atoms with van der Waals surface area (Å²) in [5.74, 6) is 0. The zero-order valence-electron chi connectivity index (χ0n) is 14.8. The third kappa shape index (κ3) is 4.52. The van der Waals surface area contributed by atoms with E-state index in [1.54, 1.807) is 0 Å². The van der Waals surface area contributed by atoms with Gasteiger partial charge in [0.15, 0.2) is 0 Å². The summed E-state index contributed by atoms with van der Waals surface area (Å²) in [6.45, 7) is 24.0. The zero-order chi connectivity index (χ0) is 14.0. The van der Waals surface area contributed by atoms with Crippen LogP contribution in [0.4, 0.5) is 0 Å². The summed E-state index contributed by atoms with van der Waals surface area (Å²) in [6.07, 6.45) is 0. The fourth-order valence-electron chi connectivity index (χ4n) is 2.37. The molecule has 0 unspecified atom stereocenters. The molecule has 4 heteroatoms. The quantitative estimate of drug-likeness (QED) is 0.663. The summed E-state index contributed by atoms with van der Waals surface area (Å²) in [5, 5.41) is 0. The molecular formula is C14H34LiNSi2. The Morgan fingerprint density at radius 1 is 0.556 bits per heavy atom. The van der Waals surface area contributed by atoms with E-state index >= 15 is 0 Å². The molecule has 0 atom stereocenters. The van der Waals surface area contributed by atoms with Crippen molar-refractivity contribution in [3.8, 4) is 0 Å². The van der Waals surface area contributed by atoms with E-state index in [2.05, 4.69) is 68.5 Å². The summed E-state index contributed by atoms with van der Waals surface area (Å²) >= 11 is 0. The topological polar surface area (TPSA) is 14.1 Å². The maximum Gasteiger partial charge on any atom is 1.00 e. The van der Waals surface area contributed by atoms with Crippen LogP contribution in [0.5, 0.6) is 0 Å². The van der Waals surface area contributed by atoms with Crippen LogP contribution >= 0.6 is 0 Å². The Morgan fingerprint density at radius 2 is 0.722 bits per heavy atom. The summed E-state index contributed by atoms with van der Waals surface area (Å²) < 4.78 is 5.62. The van der Waals surface area contributed by atoms with Crippen LogP contribution in [0.3, 0.4) is 0 Å². The molecule has 18 heavy (non-hydrogen) atoms. The number of rotatable bonds is 6. The van der Waals surface area contributed by atoms with E-state index in [0.717, 1.165) is 22.2 Å². The first-order valence-electron chi connectivity index (χ1n) is 7.22. The monoisotopic (exact) mass is 279 g/mol. The molecule has 0 aromatic rings. The van der Waals surface area contributed by atoms with E-state index < -0.39 is 16.5 Å². The molecule has 0 aliphatic heterocycles. The molecule has 0 fully saturated rings. The van der Waals surface area contributed by atoms with E-state index in [0.29, 0.717) is 0 Å². The molecule has 0 radical (unpaired) electrons. The molecular weight excluding hydrogens is 245 g/mol. The van der Waals surface area contributed by atoms with E-state index in [4.69, 9.17) is 4.65 Å². The average Bonchev–Trinajstić information content (AvgIpc) is 2.15. The average molecular weight is 280 g/mol. The van der Waals surface area contributed by atoms with Gasteiger partial charge in [-0.15, -0.1) is 0 Å². The minimum Gasteiger partial charge on any atom is -0.666 e. The van der Waals surface area contributed by atoms with E-state index in [9.17, 15) is 0 Å². The molecule has 0 bridgehead atoms. The van der Waals surface area contributed by atoms with Gasteiger partial charge in [0.1, 0.15) is 0 Å². The van der Waals surface area contributed by atoms with E-state index in [1.165, 1.54) is 0 Å². The van der Waals surface area contributed by atoms with Crippen LogP contribution in [0.2, 0.25) is 35.3 Å². The Labute approximate surface area is 130 Å². The van der Waals surface area contributed by atoms with Gasteiger partial charge in [-0.3, -0.25) is 0 Å². The van der Waals surface area contributed by atoms with Gasteiger partial charge in [0.25, 0.3) is 0 Å². The minimum absolute atomic E-state index is 0. The maximum atomic E-state index is 5.62. The van der Waals surface area contributed by atoms with Gasteiger partial charge < -0.3 is 4.65 Å². The van der Waals surface area contributed by atoms with E-state index in [1.807, 2.05) is 0 Å². The molecule has 0 saturated heterocycles. The van der Waals surface area contributed by atoms with Crippen LogP contribution in [0.1, 0.15) is 55.4 Å². The van der Waals surface area contributed by atoms with Gasteiger partial charge in [0.05, 0.1) is 0 Å². The Hall–Kier alpha value is 0.991. The molecule has 0 rings (SSSR count). The van der Waals surface area contributed by atoms with Gasteiger partial charge in [0, 0.05) is 0 Å². The first kappa shape index (κ1) is 21.3. The van der Waals surface area contributed by atoms with Crippen molar-refractivity contribution in [2.45, 2.75) is 90.6 Å². The molecule has 0 saturated carbocycles. The molecule has 0 aliphatic rings. The molecule has 0 aromatic carbocycles. The second-order valence-electron chi connectivity index (χ2n) is 7.18. The van der Waals surface area contributed by atoms with Crippen LogP contribution in [0.15, 0.2) is 0 Å². The predicted octanol–water partition coefficient (Wildman–Crippen LogP) is 3.15. The largest absolute Gasteiger partial charge is 1.00 e. The summed E-state index contributed by atoms with van der Waals surface area (Å²) in [6, 6.07) is 0. The summed E-state index contributed by atoms with van der Waals surface area (Å²) in [4.78, 5) is 0.